The number of thioether (sulfide) groups is 2. The van der Waals surface area contributed by atoms with Gasteiger partial charge >= 0.3 is 0 Å². The fourth-order valence-corrected chi connectivity index (χ4v) is 3.03. The van der Waals surface area contributed by atoms with E-state index < -0.39 is 0 Å². The van der Waals surface area contributed by atoms with Gasteiger partial charge < -0.3 is 5.32 Å². The number of hydrogen-bond acceptors (Lipinski definition) is 3. The highest BCUT2D eigenvalue weighted by Crippen LogP contribution is 2.24. The fourth-order valence-electron chi connectivity index (χ4n) is 1.66. The Bertz CT molecular complexity index is 471. The van der Waals surface area contributed by atoms with Crippen LogP contribution in [0.2, 0.25) is 0 Å². The molecular formula is C15H17NS2. The quantitative estimate of drug-likeness (QED) is 0.610. The van der Waals surface area contributed by atoms with Crippen LogP contribution in [0, 0.1) is 0 Å². The number of rotatable bonds is 6. The van der Waals surface area contributed by atoms with Gasteiger partial charge in [-0.25, -0.2) is 0 Å². The van der Waals surface area contributed by atoms with E-state index in [4.69, 9.17) is 0 Å². The standard InChI is InChI=1S/C15H17NS2/c1-17-15-10-6-5-9-14(15)16-11-12-18-13-7-3-2-4-8-13/h2-10,16H,11-12H2,1H3. The first-order valence-electron chi connectivity index (χ1n) is 5.95. The maximum Gasteiger partial charge on any atom is 0.0478 e. The molecule has 0 bridgehead atoms. The molecule has 94 valence electrons. The summed E-state index contributed by atoms with van der Waals surface area (Å²) in [7, 11) is 0. The van der Waals surface area contributed by atoms with Crippen LogP contribution in [0.4, 0.5) is 5.69 Å². The van der Waals surface area contributed by atoms with Crippen LogP contribution in [0.1, 0.15) is 0 Å². The molecule has 0 saturated carbocycles. The Morgan fingerprint density at radius 2 is 1.67 bits per heavy atom. The predicted molar refractivity (Wildman–Crippen MR) is 83.9 cm³/mol. The summed E-state index contributed by atoms with van der Waals surface area (Å²) in [6.07, 6.45) is 2.11. The van der Waals surface area contributed by atoms with E-state index in [1.54, 1.807) is 11.8 Å². The molecule has 0 aliphatic rings. The molecule has 1 nitrogen and oxygen atoms in total. The summed E-state index contributed by atoms with van der Waals surface area (Å²) in [6.45, 7) is 0.983. The SMILES string of the molecule is CSc1ccccc1NCCSc1ccccc1. The van der Waals surface area contributed by atoms with Gasteiger partial charge in [-0.2, -0.15) is 0 Å². The van der Waals surface area contributed by atoms with E-state index in [-0.39, 0.29) is 0 Å². The molecule has 0 aromatic heterocycles. The smallest absolute Gasteiger partial charge is 0.0478 e. The first-order valence-corrected chi connectivity index (χ1v) is 8.16. The van der Waals surface area contributed by atoms with Crippen molar-refractivity contribution in [3.63, 3.8) is 0 Å². The molecule has 2 aromatic rings. The van der Waals surface area contributed by atoms with E-state index in [1.165, 1.54) is 15.5 Å². The fraction of sp³-hybridized carbons (Fsp3) is 0.200. The lowest BCUT2D eigenvalue weighted by Gasteiger charge is -2.09. The number of para-hydroxylation sites is 1. The van der Waals surface area contributed by atoms with Crippen LogP contribution < -0.4 is 5.32 Å². The van der Waals surface area contributed by atoms with Crippen molar-refractivity contribution >= 4 is 29.2 Å². The van der Waals surface area contributed by atoms with E-state index >= 15 is 0 Å². The maximum atomic E-state index is 3.49. The number of anilines is 1. The van der Waals surface area contributed by atoms with Crippen LogP contribution in [0.25, 0.3) is 0 Å². The van der Waals surface area contributed by atoms with E-state index in [0.29, 0.717) is 0 Å². The Morgan fingerprint density at radius 1 is 0.944 bits per heavy atom. The van der Waals surface area contributed by atoms with Gasteiger partial charge in [0, 0.05) is 27.8 Å². The van der Waals surface area contributed by atoms with Crippen LogP contribution >= 0.6 is 23.5 Å². The summed E-state index contributed by atoms with van der Waals surface area (Å²) in [5.41, 5.74) is 1.23. The Hall–Kier alpha value is -1.06. The zero-order valence-corrected chi connectivity index (χ0v) is 12.1. The van der Waals surface area contributed by atoms with Crippen molar-refractivity contribution in [2.45, 2.75) is 9.79 Å². The Balaban J connectivity index is 1.78. The predicted octanol–water partition coefficient (Wildman–Crippen LogP) is 4.61. The zero-order chi connectivity index (χ0) is 12.6. The Labute approximate surface area is 117 Å². The average molecular weight is 275 g/mol. The highest BCUT2D eigenvalue weighted by molar-refractivity contribution is 7.99. The van der Waals surface area contributed by atoms with Gasteiger partial charge in [0.15, 0.2) is 0 Å². The molecule has 18 heavy (non-hydrogen) atoms. The summed E-state index contributed by atoms with van der Waals surface area (Å²) in [6, 6.07) is 19.0. The summed E-state index contributed by atoms with van der Waals surface area (Å²) in [5.74, 6) is 1.08. The second kappa shape index (κ2) is 7.39. The van der Waals surface area contributed by atoms with Crippen molar-refractivity contribution in [1.29, 1.82) is 0 Å². The Morgan fingerprint density at radius 3 is 2.44 bits per heavy atom. The molecule has 3 heteroatoms. The summed E-state index contributed by atoms with van der Waals surface area (Å²) < 4.78 is 0. The van der Waals surface area contributed by atoms with Crippen molar-refractivity contribution in [1.82, 2.24) is 0 Å². The molecule has 0 aliphatic heterocycles. The third-order valence-corrected chi connectivity index (χ3v) is 4.35. The Kier molecular flexibility index (Phi) is 5.49. The highest BCUT2D eigenvalue weighted by atomic mass is 32.2. The van der Waals surface area contributed by atoms with Gasteiger partial charge in [-0.15, -0.1) is 23.5 Å². The first-order chi connectivity index (χ1) is 8.90. The summed E-state index contributed by atoms with van der Waals surface area (Å²) in [5, 5.41) is 3.49. The number of nitrogens with one attached hydrogen (secondary N) is 1. The van der Waals surface area contributed by atoms with Gasteiger partial charge in [0.1, 0.15) is 0 Å². The zero-order valence-electron chi connectivity index (χ0n) is 10.4. The molecule has 2 rings (SSSR count). The maximum absolute atomic E-state index is 3.49. The van der Waals surface area contributed by atoms with Crippen molar-refractivity contribution in [3.8, 4) is 0 Å². The van der Waals surface area contributed by atoms with Crippen molar-refractivity contribution in [3.05, 3.63) is 54.6 Å². The molecule has 0 aliphatic carbocycles. The van der Waals surface area contributed by atoms with Gasteiger partial charge in [0.2, 0.25) is 0 Å². The lowest BCUT2D eigenvalue weighted by Crippen LogP contribution is -2.04. The van der Waals surface area contributed by atoms with Crippen LogP contribution in [0.3, 0.4) is 0 Å². The monoisotopic (exact) mass is 275 g/mol. The highest BCUT2D eigenvalue weighted by Gasteiger charge is 1.99. The lowest BCUT2D eigenvalue weighted by atomic mass is 10.3. The number of hydrogen-bond donors (Lipinski definition) is 1. The van der Waals surface area contributed by atoms with E-state index in [9.17, 15) is 0 Å². The topological polar surface area (TPSA) is 12.0 Å². The van der Waals surface area contributed by atoms with Crippen LogP contribution in [0.5, 0.6) is 0 Å². The van der Waals surface area contributed by atoms with Crippen LogP contribution in [-0.2, 0) is 0 Å². The van der Waals surface area contributed by atoms with Crippen LogP contribution in [0.15, 0.2) is 64.4 Å². The third-order valence-electron chi connectivity index (χ3n) is 2.54. The van der Waals surface area contributed by atoms with Gasteiger partial charge in [-0.1, -0.05) is 30.3 Å². The minimum absolute atomic E-state index is 0.983. The van der Waals surface area contributed by atoms with Crippen LogP contribution in [-0.4, -0.2) is 18.6 Å². The molecule has 1 N–H and O–H groups in total. The lowest BCUT2D eigenvalue weighted by molar-refractivity contribution is 1.20. The second-order valence-corrected chi connectivity index (χ2v) is 5.80. The molecule has 0 radical (unpaired) electrons. The average Bonchev–Trinajstić information content (AvgIpc) is 2.45. The first kappa shape index (κ1) is 13.4. The normalized spacial score (nSPS) is 10.3. The second-order valence-electron chi connectivity index (χ2n) is 3.79. The molecular weight excluding hydrogens is 258 g/mol. The van der Waals surface area contributed by atoms with Crippen molar-refractivity contribution in [2.24, 2.45) is 0 Å². The number of benzene rings is 2. The van der Waals surface area contributed by atoms with E-state index in [1.807, 2.05) is 11.8 Å². The summed E-state index contributed by atoms with van der Waals surface area (Å²) >= 11 is 3.66. The van der Waals surface area contributed by atoms with Gasteiger partial charge in [0.25, 0.3) is 0 Å². The molecule has 0 fully saturated rings. The van der Waals surface area contributed by atoms with E-state index in [2.05, 4.69) is 66.2 Å². The van der Waals surface area contributed by atoms with Gasteiger partial charge in [0.05, 0.1) is 0 Å². The minimum Gasteiger partial charge on any atom is -0.383 e. The largest absolute Gasteiger partial charge is 0.383 e. The molecule has 0 amide bonds. The van der Waals surface area contributed by atoms with Crippen molar-refractivity contribution < 1.29 is 0 Å². The van der Waals surface area contributed by atoms with Crippen molar-refractivity contribution in [2.75, 3.05) is 23.9 Å². The van der Waals surface area contributed by atoms with E-state index in [0.717, 1.165) is 12.3 Å². The molecule has 0 atom stereocenters. The summed E-state index contributed by atoms with van der Waals surface area (Å²) in [4.78, 5) is 2.64. The molecule has 0 heterocycles. The minimum atomic E-state index is 0.983. The molecule has 0 saturated heterocycles. The molecule has 0 spiro atoms. The third kappa shape index (κ3) is 4.00. The molecule has 2 aromatic carbocycles. The molecule has 0 unspecified atom stereocenters. The van der Waals surface area contributed by atoms with Gasteiger partial charge in [-0.05, 0) is 30.5 Å². The van der Waals surface area contributed by atoms with Gasteiger partial charge in [-0.3, -0.25) is 0 Å².